The van der Waals surface area contributed by atoms with E-state index in [1.807, 2.05) is 12.1 Å². The highest BCUT2D eigenvalue weighted by atomic mass is 16.2. The molecule has 4 nitrogen and oxygen atoms in total. The molecule has 0 aliphatic rings. The lowest BCUT2D eigenvalue weighted by atomic mass is 10.2. The number of urea groups is 1. The fraction of sp³-hybridized carbons (Fsp3) is 0.308. The Kier molecular flexibility index (Phi) is 5.05. The van der Waals surface area contributed by atoms with Crippen LogP contribution in [0.1, 0.15) is 12.0 Å². The Bertz CT molecular complexity index is 444. The molecule has 0 unspecified atom stereocenters. The Balaban J connectivity index is 2.73. The number of nitrogens with one attached hydrogen (secondary N) is 1. The zero-order valence-corrected chi connectivity index (χ0v) is 10.0. The Hall–Kier alpha value is -1.99. The summed E-state index contributed by atoms with van der Waals surface area (Å²) in [5.74, 6) is 5.75. The van der Waals surface area contributed by atoms with Crippen LogP contribution in [-0.2, 0) is 0 Å². The summed E-state index contributed by atoms with van der Waals surface area (Å²) in [5, 5.41) is 11.4. The second kappa shape index (κ2) is 6.56. The van der Waals surface area contributed by atoms with E-state index in [2.05, 4.69) is 17.2 Å². The number of carbonyl (C=O) groups is 1. The average molecular weight is 232 g/mol. The number of benzene rings is 1. The predicted molar refractivity (Wildman–Crippen MR) is 67.7 cm³/mol. The first-order chi connectivity index (χ1) is 8.13. The lowest BCUT2D eigenvalue weighted by molar-refractivity contribution is 0.230. The SMILES string of the molecule is CN(C)C(=O)Nc1cccc(C#CCCO)c1. The Morgan fingerprint density at radius 3 is 2.88 bits per heavy atom. The van der Waals surface area contributed by atoms with Crippen LogP contribution in [0.4, 0.5) is 10.5 Å². The molecule has 0 heterocycles. The molecule has 0 fully saturated rings. The molecule has 0 atom stereocenters. The average Bonchev–Trinajstić information content (AvgIpc) is 2.30. The van der Waals surface area contributed by atoms with Crippen molar-refractivity contribution in [3.8, 4) is 11.8 Å². The zero-order chi connectivity index (χ0) is 12.7. The number of aliphatic hydroxyl groups is 1. The van der Waals surface area contributed by atoms with Gasteiger partial charge in [0.1, 0.15) is 0 Å². The first kappa shape index (κ1) is 13.1. The van der Waals surface area contributed by atoms with E-state index < -0.39 is 0 Å². The van der Waals surface area contributed by atoms with Gasteiger partial charge < -0.3 is 15.3 Å². The van der Waals surface area contributed by atoms with Gasteiger partial charge in [0.05, 0.1) is 6.61 Å². The number of amides is 2. The Morgan fingerprint density at radius 1 is 1.47 bits per heavy atom. The van der Waals surface area contributed by atoms with Crippen molar-refractivity contribution in [2.75, 3.05) is 26.0 Å². The smallest absolute Gasteiger partial charge is 0.321 e. The molecular formula is C13H16N2O2. The van der Waals surface area contributed by atoms with E-state index in [1.54, 1.807) is 26.2 Å². The second-order valence-electron chi connectivity index (χ2n) is 3.68. The van der Waals surface area contributed by atoms with Gasteiger partial charge in [0.15, 0.2) is 0 Å². The molecule has 1 rings (SSSR count). The first-order valence-electron chi connectivity index (χ1n) is 5.31. The number of aliphatic hydroxyl groups excluding tert-OH is 1. The predicted octanol–water partition coefficient (Wildman–Crippen LogP) is 1.51. The van der Waals surface area contributed by atoms with Crippen LogP contribution in [0.25, 0.3) is 0 Å². The van der Waals surface area contributed by atoms with Crippen LogP contribution in [0.15, 0.2) is 24.3 Å². The number of anilines is 1. The van der Waals surface area contributed by atoms with E-state index in [0.29, 0.717) is 12.1 Å². The van der Waals surface area contributed by atoms with E-state index in [1.165, 1.54) is 4.90 Å². The van der Waals surface area contributed by atoms with Gasteiger partial charge in [0.2, 0.25) is 0 Å². The maximum Gasteiger partial charge on any atom is 0.321 e. The highest BCUT2D eigenvalue weighted by Crippen LogP contribution is 2.10. The molecule has 0 bridgehead atoms. The minimum atomic E-state index is -0.175. The van der Waals surface area contributed by atoms with Gasteiger partial charge in [0.25, 0.3) is 0 Å². The van der Waals surface area contributed by atoms with Gasteiger partial charge >= 0.3 is 6.03 Å². The summed E-state index contributed by atoms with van der Waals surface area (Å²) in [4.78, 5) is 12.9. The van der Waals surface area contributed by atoms with Crippen LogP contribution < -0.4 is 5.32 Å². The number of nitrogens with zero attached hydrogens (tertiary/aromatic N) is 1. The van der Waals surface area contributed by atoms with E-state index in [0.717, 1.165) is 5.56 Å². The standard InChI is InChI=1S/C13H16N2O2/c1-15(2)13(17)14-12-8-5-7-11(10-12)6-3-4-9-16/h5,7-8,10,16H,4,9H2,1-2H3,(H,14,17). The number of hydrogen-bond donors (Lipinski definition) is 2. The second-order valence-corrected chi connectivity index (χ2v) is 3.68. The maximum absolute atomic E-state index is 11.4. The number of rotatable bonds is 2. The highest BCUT2D eigenvalue weighted by molar-refractivity contribution is 5.89. The normalized spacial score (nSPS) is 9.12. The van der Waals surface area contributed by atoms with Crippen LogP contribution in [0, 0.1) is 11.8 Å². The molecule has 0 aromatic heterocycles. The van der Waals surface area contributed by atoms with Gasteiger partial charge in [0, 0.05) is 31.8 Å². The van der Waals surface area contributed by atoms with Crippen molar-refractivity contribution in [1.29, 1.82) is 0 Å². The van der Waals surface area contributed by atoms with Crippen molar-refractivity contribution >= 4 is 11.7 Å². The third-order valence-electron chi connectivity index (χ3n) is 1.99. The van der Waals surface area contributed by atoms with Crippen LogP contribution >= 0.6 is 0 Å². The van der Waals surface area contributed by atoms with Crippen LogP contribution in [0.3, 0.4) is 0 Å². The molecule has 90 valence electrons. The van der Waals surface area contributed by atoms with Crippen LogP contribution in [0.2, 0.25) is 0 Å². The minimum absolute atomic E-state index is 0.0596. The molecule has 1 aromatic rings. The quantitative estimate of drug-likeness (QED) is 0.759. The largest absolute Gasteiger partial charge is 0.395 e. The van der Waals surface area contributed by atoms with Gasteiger partial charge in [-0.2, -0.15) is 0 Å². The number of hydrogen-bond acceptors (Lipinski definition) is 2. The van der Waals surface area contributed by atoms with Gasteiger partial charge in [-0.25, -0.2) is 4.79 Å². The molecule has 17 heavy (non-hydrogen) atoms. The molecule has 0 saturated carbocycles. The van der Waals surface area contributed by atoms with Gasteiger partial charge in [-0.05, 0) is 18.2 Å². The molecule has 0 radical (unpaired) electrons. The molecule has 1 aromatic carbocycles. The molecule has 0 spiro atoms. The number of carbonyl (C=O) groups excluding carboxylic acids is 1. The fourth-order valence-electron chi connectivity index (χ4n) is 1.13. The van der Waals surface area contributed by atoms with Crippen LogP contribution in [0.5, 0.6) is 0 Å². The summed E-state index contributed by atoms with van der Waals surface area (Å²) in [6.07, 6.45) is 0.453. The molecule has 0 saturated heterocycles. The summed E-state index contributed by atoms with van der Waals surface area (Å²) >= 11 is 0. The molecule has 4 heteroatoms. The molecular weight excluding hydrogens is 216 g/mol. The van der Waals surface area contributed by atoms with Crippen molar-refractivity contribution in [3.63, 3.8) is 0 Å². The maximum atomic E-state index is 11.4. The van der Waals surface area contributed by atoms with E-state index in [4.69, 9.17) is 5.11 Å². The third kappa shape index (κ3) is 4.58. The van der Waals surface area contributed by atoms with Gasteiger partial charge in [-0.15, -0.1) is 0 Å². The van der Waals surface area contributed by atoms with Gasteiger partial charge in [-0.3, -0.25) is 0 Å². The van der Waals surface area contributed by atoms with Crippen molar-refractivity contribution < 1.29 is 9.90 Å². The fourth-order valence-corrected chi connectivity index (χ4v) is 1.13. The van der Waals surface area contributed by atoms with Crippen LogP contribution in [-0.4, -0.2) is 36.7 Å². The first-order valence-corrected chi connectivity index (χ1v) is 5.31. The summed E-state index contributed by atoms with van der Waals surface area (Å²) in [7, 11) is 3.36. The van der Waals surface area contributed by atoms with E-state index >= 15 is 0 Å². The molecule has 2 N–H and O–H groups in total. The van der Waals surface area contributed by atoms with Crippen molar-refractivity contribution in [2.45, 2.75) is 6.42 Å². The molecule has 2 amide bonds. The topological polar surface area (TPSA) is 52.6 Å². The minimum Gasteiger partial charge on any atom is -0.395 e. The van der Waals surface area contributed by atoms with E-state index in [9.17, 15) is 4.79 Å². The zero-order valence-electron chi connectivity index (χ0n) is 10.0. The van der Waals surface area contributed by atoms with Crippen molar-refractivity contribution in [1.82, 2.24) is 4.90 Å². The summed E-state index contributed by atoms with van der Waals surface area (Å²) < 4.78 is 0. The van der Waals surface area contributed by atoms with Gasteiger partial charge in [-0.1, -0.05) is 17.9 Å². The monoisotopic (exact) mass is 232 g/mol. The van der Waals surface area contributed by atoms with Crippen molar-refractivity contribution in [2.24, 2.45) is 0 Å². The Morgan fingerprint density at radius 2 is 2.24 bits per heavy atom. The van der Waals surface area contributed by atoms with Crippen molar-refractivity contribution in [3.05, 3.63) is 29.8 Å². The molecule has 0 aliphatic carbocycles. The third-order valence-corrected chi connectivity index (χ3v) is 1.99. The lowest BCUT2D eigenvalue weighted by Crippen LogP contribution is -2.27. The Labute approximate surface area is 101 Å². The summed E-state index contributed by atoms with van der Waals surface area (Å²) in [6, 6.07) is 7.11. The van der Waals surface area contributed by atoms with E-state index in [-0.39, 0.29) is 12.6 Å². The molecule has 0 aliphatic heterocycles. The highest BCUT2D eigenvalue weighted by Gasteiger charge is 2.03. The lowest BCUT2D eigenvalue weighted by Gasteiger charge is -2.11. The summed E-state index contributed by atoms with van der Waals surface area (Å²) in [5.41, 5.74) is 1.52. The summed E-state index contributed by atoms with van der Waals surface area (Å²) in [6.45, 7) is 0.0596.